The standard InChI is InChI=1S/C14H13F3N4O/c15-14(16,17)22-9-6-4-8(5-7-9)19-13-20-11-3-1-2-10(11)12(18)21-13/h4-7H,1-3H2,(H3,18,19,20,21). The minimum atomic E-state index is -4.70. The van der Waals surface area contributed by atoms with Crippen LogP contribution in [0.2, 0.25) is 0 Å². The quantitative estimate of drug-likeness (QED) is 0.911. The van der Waals surface area contributed by atoms with Crippen molar-refractivity contribution < 1.29 is 17.9 Å². The Morgan fingerprint density at radius 3 is 2.50 bits per heavy atom. The first-order valence-corrected chi connectivity index (χ1v) is 6.69. The van der Waals surface area contributed by atoms with Crippen molar-refractivity contribution in [1.82, 2.24) is 9.97 Å². The number of alkyl halides is 3. The fourth-order valence-electron chi connectivity index (χ4n) is 2.39. The Kier molecular flexibility index (Phi) is 3.51. The Morgan fingerprint density at radius 1 is 1.09 bits per heavy atom. The molecule has 22 heavy (non-hydrogen) atoms. The number of benzene rings is 1. The van der Waals surface area contributed by atoms with Crippen LogP contribution in [0.1, 0.15) is 17.7 Å². The molecule has 0 atom stereocenters. The molecular formula is C14H13F3N4O. The molecule has 8 heteroatoms. The third kappa shape index (κ3) is 3.21. The van der Waals surface area contributed by atoms with E-state index in [4.69, 9.17) is 5.73 Å². The van der Waals surface area contributed by atoms with Gasteiger partial charge in [0.15, 0.2) is 0 Å². The Balaban J connectivity index is 1.75. The maximum absolute atomic E-state index is 12.1. The van der Waals surface area contributed by atoms with Crippen molar-refractivity contribution >= 4 is 17.5 Å². The van der Waals surface area contributed by atoms with Gasteiger partial charge >= 0.3 is 6.36 Å². The molecule has 3 rings (SSSR count). The van der Waals surface area contributed by atoms with Gasteiger partial charge in [0.2, 0.25) is 5.95 Å². The van der Waals surface area contributed by atoms with Crippen LogP contribution in [0.3, 0.4) is 0 Å². The molecule has 5 nitrogen and oxygen atoms in total. The summed E-state index contributed by atoms with van der Waals surface area (Å²) in [6, 6.07) is 5.33. The number of hydrogen-bond donors (Lipinski definition) is 2. The summed E-state index contributed by atoms with van der Waals surface area (Å²) < 4.78 is 40.1. The lowest BCUT2D eigenvalue weighted by Gasteiger charge is -2.11. The van der Waals surface area contributed by atoms with Crippen LogP contribution >= 0.6 is 0 Å². The fourth-order valence-corrected chi connectivity index (χ4v) is 2.39. The fraction of sp³-hybridized carbons (Fsp3) is 0.286. The Bertz CT molecular complexity index is 686. The van der Waals surface area contributed by atoms with Gasteiger partial charge in [-0.15, -0.1) is 13.2 Å². The summed E-state index contributed by atoms with van der Waals surface area (Å²) in [6.45, 7) is 0. The van der Waals surface area contributed by atoms with Crippen molar-refractivity contribution in [2.24, 2.45) is 0 Å². The molecule has 2 aromatic rings. The SMILES string of the molecule is Nc1nc(Nc2ccc(OC(F)(F)F)cc2)nc2c1CCC2. The third-order valence-corrected chi connectivity index (χ3v) is 3.31. The van der Waals surface area contributed by atoms with E-state index in [0.717, 1.165) is 30.5 Å². The predicted molar refractivity (Wildman–Crippen MR) is 74.9 cm³/mol. The van der Waals surface area contributed by atoms with Crippen LogP contribution < -0.4 is 15.8 Å². The van der Waals surface area contributed by atoms with Crippen LogP contribution in [0.15, 0.2) is 24.3 Å². The molecule has 1 heterocycles. The van der Waals surface area contributed by atoms with E-state index in [9.17, 15) is 13.2 Å². The lowest BCUT2D eigenvalue weighted by atomic mass is 10.2. The lowest BCUT2D eigenvalue weighted by Crippen LogP contribution is -2.17. The van der Waals surface area contributed by atoms with E-state index in [1.807, 2.05) is 0 Å². The normalized spacial score (nSPS) is 13.8. The molecule has 0 saturated carbocycles. The summed E-state index contributed by atoms with van der Waals surface area (Å²) in [4.78, 5) is 8.54. The maximum atomic E-state index is 12.1. The first-order valence-electron chi connectivity index (χ1n) is 6.69. The van der Waals surface area contributed by atoms with Gasteiger partial charge in [-0.25, -0.2) is 4.98 Å². The van der Waals surface area contributed by atoms with Crippen molar-refractivity contribution in [2.45, 2.75) is 25.6 Å². The first-order chi connectivity index (χ1) is 10.4. The van der Waals surface area contributed by atoms with Crippen molar-refractivity contribution in [3.8, 4) is 5.75 Å². The van der Waals surface area contributed by atoms with E-state index in [-0.39, 0.29) is 5.75 Å². The highest BCUT2D eigenvalue weighted by Gasteiger charge is 2.30. The van der Waals surface area contributed by atoms with Gasteiger partial charge in [-0.1, -0.05) is 0 Å². The first kappa shape index (κ1) is 14.4. The summed E-state index contributed by atoms with van der Waals surface area (Å²) in [7, 11) is 0. The second-order valence-corrected chi connectivity index (χ2v) is 4.91. The topological polar surface area (TPSA) is 73.1 Å². The zero-order valence-electron chi connectivity index (χ0n) is 11.4. The molecule has 0 radical (unpaired) electrons. The van der Waals surface area contributed by atoms with Crippen molar-refractivity contribution in [3.05, 3.63) is 35.5 Å². The van der Waals surface area contributed by atoms with Crippen LogP contribution in [0, 0.1) is 0 Å². The molecule has 1 aliphatic carbocycles. The molecule has 0 saturated heterocycles. The smallest absolute Gasteiger partial charge is 0.406 e. The van der Waals surface area contributed by atoms with Gasteiger partial charge in [0, 0.05) is 11.3 Å². The van der Waals surface area contributed by atoms with Crippen LogP contribution in [0.25, 0.3) is 0 Å². The van der Waals surface area contributed by atoms with Gasteiger partial charge in [-0.05, 0) is 43.5 Å². The van der Waals surface area contributed by atoms with Gasteiger partial charge < -0.3 is 15.8 Å². The number of halogens is 3. The molecule has 3 N–H and O–H groups in total. The van der Waals surface area contributed by atoms with Crippen molar-refractivity contribution in [1.29, 1.82) is 0 Å². The molecule has 1 aliphatic rings. The number of nitrogens with two attached hydrogens (primary N) is 1. The highest BCUT2D eigenvalue weighted by Crippen LogP contribution is 2.28. The average molecular weight is 310 g/mol. The predicted octanol–water partition coefficient (Wildman–Crippen LogP) is 3.19. The largest absolute Gasteiger partial charge is 0.573 e. The number of nitrogen functional groups attached to an aromatic ring is 1. The number of nitrogens with zero attached hydrogens (tertiary/aromatic N) is 2. The second-order valence-electron chi connectivity index (χ2n) is 4.91. The molecule has 0 amide bonds. The number of aromatic nitrogens is 2. The number of hydrogen-bond acceptors (Lipinski definition) is 5. The molecule has 0 unspecified atom stereocenters. The van der Waals surface area contributed by atoms with Crippen LogP contribution in [-0.2, 0) is 12.8 Å². The van der Waals surface area contributed by atoms with Gasteiger partial charge in [-0.3, -0.25) is 0 Å². The van der Waals surface area contributed by atoms with Gasteiger partial charge in [-0.2, -0.15) is 4.98 Å². The molecule has 0 fully saturated rings. The summed E-state index contributed by atoms with van der Waals surface area (Å²) >= 11 is 0. The maximum Gasteiger partial charge on any atom is 0.573 e. The minimum absolute atomic E-state index is 0.285. The molecule has 0 bridgehead atoms. The van der Waals surface area contributed by atoms with E-state index >= 15 is 0 Å². The molecular weight excluding hydrogens is 297 g/mol. The molecule has 0 spiro atoms. The van der Waals surface area contributed by atoms with Gasteiger partial charge in [0.25, 0.3) is 0 Å². The number of rotatable bonds is 3. The van der Waals surface area contributed by atoms with Crippen molar-refractivity contribution in [3.63, 3.8) is 0 Å². The Labute approximate surface area is 124 Å². The number of nitrogens with one attached hydrogen (secondary N) is 1. The lowest BCUT2D eigenvalue weighted by molar-refractivity contribution is -0.274. The van der Waals surface area contributed by atoms with E-state index < -0.39 is 6.36 Å². The van der Waals surface area contributed by atoms with Crippen LogP contribution in [0.5, 0.6) is 5.75 Å². The Morgan fingerprint density at radius 2 is 1.82 bits per heavy atom. The Hall–Kier alpha value is -2.51. The van der Waals surface area contributed by atoms with Crippen molar-refractivity contribution in [2.75, 3.05) is 11.1 Å². The summed E-state index contributed by atoms with van der Waals surface area (Å²) in [6.07, 6.45) is -1.96. The van der Waals surface area contributed by atoms with E-state index in [2.05, 4.69) is 20.0 Å². The highest BCUT2D eigenvalue weighted by atomic mass is 19.4. The summed E-state index contributed by atoms with van der Waals surface area (Å²) in [5, 5.41) is 2.93. The van der Waals surface area contributed by atoms with Crippen LogP contribution in [0.4, 0.5) is 30.6 Å². The monoisotopic (exact) mass is 310 g/mol. The van der Waals surface area contributed by atoms with Crippen LogP contribution in [-0.4, -0.2) is 16.3 Å². The minimum Gasteiger partial charge on any atom is -0.406 e. The summed E-state index contributed by atoms with van der Waals surface area (Å²) in [5.41, 5.74) is 8.34. The number of anilines is 3. The third-order valence-electron chi connectivity index (χ3n) is 3.31. The van der Waals surface area contributed by atoms with E-state index in [1.54, 1.807) is 0 Å². The zero-order chi connectivity index (χ0) is 15.7. The molecule has 1 aromatic carbocycles. The van der Waals surface area contributed by atoms with E-state index in [0.29, 0.717) is 17.5 Å². The average Bonchev–Trinajstić information content (AvgIpc) is 2.88. The van der Waals surface area contributed by atoms with Gasteiger partial charge in [0.05, 0.1) is 5.69 Å². The highest BCUT2D eigenvalue weighted by molar-refractivity contribution is 5.58. The molecule has 1 aromatic heterocycles. The number of aryl methyl sites for hydroxylation is 1. The van der Waals surface area contributed by atoms with E-state index in [1.165, 1.54) is 24.3 Å². The van der Waals surface area contributed by atoms with Gasteiger partial charge in [0.1, 0.15) is 11.6 Å². The molecule has 0 aliphatic heterocycles. The second kappa shape index (κ2) is 5.36. The zero-order valence-corrected chi connectivity index (χ0v) is 11.4. The number of ether oxygens (including phenoxy) is 1. The number of fused-ring (bicyclic) bond motifs is 1. The molecule has 116 valence electrons. The summed E-state index contributed by atoms with van der Waals surface area (Å²) in [5.74, 6) is 0.497.